The van der Waals surface area contributed by atoms with E-state index < -0.39 is 48.6 Å². The summed E-state index contributed by atoms with van der Waals surface area (Å²) in [6, 6.07) is 0. The van der Waals surface area contributed by atoms with E-state index in [1.807, 2.05) is 0 Å². The lowest BCUT2D eigenvalue weighted by molar-refractivity contribution is -0.440. The molecule has 0 aromatic heterocycles. The first-order valence-electron chi connectivity index (χ1n) is 12.8. The van der Waals surface area contributed by atoms with Crippen LogP contribution in [0.1, 0.15) is 116 Å². The molecule has 0 nitrogen and oxygen atoms in total. The van der Waals surface area contributed by atoms with Crippen LogP contribution in [0.25, 0.3) is 0 Å². The smallest absolute Gasteiger partial charge is 0.200 e. The van der Waals surface area contributed by atoms with E-state index in [0.29, 0.717) is 12.8 Å². The second kappa shape index (κ2) is 15.0. The molecule has 0 aliphatic heterocycles. The van der Waals surface area contributed by atoms with Crippen LogP contribution in [0, 0.1) is 0 Å². The highest BCUT2D eigenvalue weighted by Gasteiger charge is 2.90. The minimum Gasteiger partial charge on any atom is -0.200 e. The van der Waals surface area contributed by atoms with Crippen molar-refractivity contribution in [3.05, 3.63) is 0 Å². The molecule has 0 fully saturated rings. The molecule has 0 aromatic carbocycles. The fourth-order valence-corrected chi connectivity index (χ4v) is 3.85. The third-order valence-electron chi connectivity index (χ3n) is 6.34. The minimum absolute atomic E-state index is 0.162. The van der Waals surface area contributed by atoms with Gasteiger partial charge in [-0.15, -0.1) is 0 Å². The van der Waals surface area contributed by atoms with Crippen LogP contribution in [0.4, 0.5) is 57.1 Å². The molecule has 0 aromatic rings. The lowest BCUT2D eigenvalue weighted by Gasteiger charge is -2.39. The van der Waals surface area contributed by atoms with Gasteiger partial charge in [0.2, 0.25) is 0 Å². The van der Waals surface area contributed by atoms with Crippen LogP contribution in [-0.2, 0) is 0 Å². The number of alkyl halides is 13. The minimum atomic E-state index is -7.82. The first-order valence-corrected chi connectivity index (χ1v) is 12.8. The lowest BCUT2D eigenvalue weighted by Crippen LogP contribution is -2.70. The maximum atomic E-state index is 13.7. The molecular formula is C24H37F13. The second-order valence-corrected chi connectivity index (χ2v) is 9.55. The summed E-state index contributed by atoms with van der Waals surface area (Å²) in [5.74, 6) is -36.3. The highest BCUT2D eigenvalue weighted by molar-refractivity contribution is 5.10. The van der Waals surface area contributed by atoms with Crippen molar-refractivity contribution in [2.24, 2.45) is 0 Å². The summed E-state index contributed by atoms with van der Waals surface area (Å²) in [6.45, 7) is 2.15. The van der Waals surface area contributed by atoms with Crippen LogP contribution in [0.5, 0.6) is 0 Å². The van der Waals surface area contributed by atoms with Crippen molar-refractivity contribution in [2.75, 3.05) is 0 Å². The van der Waals surface area contributed by atoms with Crippen LogP contribution in [0.15, 0.2) is 0 Å². The molecular weight excluding hydrogens is 535 g/mol. The van der Waals surface area contributed by atoms with Gasteiger partial charge in [0.25, 0.3) is 0 Å². The summed E-state index contributed by atoms with van der Waals surface area (Å²) >= 11 is 0. The van der Waals surface area contributed by atoms with E-state index in [9.17, 15) is 57.1 Å². The van der Waals surface area contributed by atoms with Crippen LogP contribution in [-0.4, -0.2) is 35.8 Å². The highest BCUT2D eigenvalue weighted by Crippen LogP contribution is 2.60. The van der Waals surface area contributed by atoms with Crippen LogP contribution >= 0.6 is 0 Å². The Kier molecular flexibility index (Phi) is 14.7. The quantitative estimate of drug-likeness (QED) is 0.0948. The maximum Gasteiger partial charge on any atom is 0.460 e. The molecule has 37 heavy (non-hydrogen) atoms. The zero-order valence-electron chi connectivity index (χ0n) is 20.9. The van der Waals surface area contributed by atoms with Gasteiger partial charge in [0.15, 0.2) is 0 Å². The Bertz CT molecular complexity index is 612. The number of hydrogen-bond donors (Lipinski definition) is 0. The lowest BCUT2D eigenvalue weighted by atomic mass is 9.91. The third-order valence-corrected chi connectivity index (χ3v) is 6.34. The fraction of sp³-hybridized carbons (Fsp3) is 1.00. The number of halogens is 13. The molecule has 0 aliphatic carbocycles. The summed E-state index contributed by atoms with van der Waals surface area (Å²) in [7, 11) is 0. The SMILES string of the molecule is CCCCCCCCCCCCCCCCCCC(F)(F)C(F)(F)C(F)(F)C(F)(F)C(F)(F)C(F)(F)F. The highest BCUT2D eigenvalue weighted by atomic mass is 19.4. The van der Waals surface area contributed by atoms with Crippen LogP contribution in [0.2, 0.25) is 0 Å². The second-order valence-electron chi connectivity index (χ2n) is 9.55. The molecule has 13 heteroatoms. The van der Waals surface area contributed by atoms with Gasteiger partial charge in [0.1, 0.15) is 0 Å². The Morgan fingerprint density at radius 1 is 0.324 bits per heavy atom. The molecule has 0 unspecified atom stereocenters. The Hall–Kier alpha value is -0.910. The van der Waals surface area contributed by atoms with Gasteiger partial charge in [-0.25, -0.2) is 0 Å². The van der Waals surface area contributed by atoms with Gasteiger partial charge in [0.05, 0.1) is 0 Å². The summed E-state index contributed by atoms with van der Waals surface area (Å²) in [5.41, 5.74) is 0. The van der Waals surface area contributed by atoms with E-state index >= 15 is 0 Å². The van der Waals surface area contributed by atoms with Crippen molar-refractivity contribution >= 4 is 0 Å². The topological polar surface area (TPSA) is 0 Å². The monoisotopic (exact) mass is 572 g/mol. The summed E-state index contributed by atoms with van der Waals surface area (Å²) in [4.78, 5) is 0. The molecule has 0 spiro atoms. The molecule has 0 saturated heterocycles. The number of rotatable bonds is 21. The van der Waals surface area contributed by atoms with Gasteiger partial charge in [-0.1, -0.05) is 103 Å². The van der Waals surface area contributed by atoms with Crippen molar-refractivity contribution in [3.8, 4) is 0 Å². The molecule has 0 atom stereocenters. The van der Waals surface area contributed by atoms with E-state index in [-0.39, 0.29) is 12.8 Å². The van der Waals surface area contributed by atoms with E-state index in [4.69, 9.17) is 0 Å². The average Bonchev–Trinajstić information content (AvgIpc) is 2.77. The number of unbranched alkanes of at least 4 members (excludes halogenated alkanes) is 15. The van der Waals surface area contributed by atoms with Crippen molar-refractivity contribution in [1.82, 2.24) is 0 Å². The number of hydrogen-bond acceptors (Lipinski definition) is 0. The maximum absolute atomic E-state index is 13.7. The molecule has 0 radical (unpaired) electrons. The van der Waals surface area contributed by atoms with E-state index in [1.165, 1.54) is 38.5 Å². The summed E-state index contributed by atoms with van der Waals surface area (Å²) < 4.78 is 170. The average molecular weight is 573 g/mol. The van der Waals surface area contributed by atoms with Crippen LogP contribution in [0.3, 0.4) is 0 Å². The fourth-order valence-electron chi connectivity index (χ4n) is 3.85. The molecule has 0 saturated carbocycles. The van der Waals surface area contributed by atoms with Crippen molar-refractivity contribution < 1.29 is 57.1 Å². The zero-order valence-corrected chi connectivity index (χ0v) is 20.9. The predicted molar refractivity (Wildman–Crippen MR) is 115 cm³/mol. The van der Waals surface area contributed by atoms with Gasteiger partial charge in [-0.2, -0.15) is 57.1 Å². The van der Waals surface area contributed by atoms with Crippen LogP contribution < -0.4 is 0 Å². The molecule has 0 heterocycles. The van der Waals surface area contributed by atoms with E-state index in [2.05, 4.69) is 6.92 Å². The first-order chi connectivity index (χ1) is 16.8. The van der Waals surface area contributed by atoms with Crippen molar-refractivity contribution in [3.63, 3.8) is 0 Å². The third kappa shape index (κ3) is 9.65. The van der Waals surface area contributed by atoms with E-state index in [0.717, 1.165) is 32.1 Å². The van der Waals surface area contributed by atoms with E-state index in [1.54, 1.807) is 0 Å². The van der Waals surface area contributed by atoms with Crippen molar-refractivity contribution in [1.29, 1.82) is 0 Å². The molecule has 0 rings (SSSR count). The van der Waals surface area contributed by atoms with Gasteiger partial charge in [-0.3, -0.25) is 0 Å². The zero-order chi connectivity index (χ0) is 29.0. The summed E-state index contributed by atoms with van der Waals surface area (Å²) in [6.07, 6.45) is 3.41. The van der Waals surface area contributed by atoms with Gasteiger partial charge in [0, 0.05) is 6.42 Å². The first kappa shape index (κ1) is 36.1. The Morgan fingerprint density at radius 3 is 0.892 bits per heavy atom. The summed E-state index contributed by atoms with van der Waals surface area (Å²) in [5, 5.41) is 0. The Morgan fingerprint density at radius 2 is 0.595 bits per heavy atom. The van der Waals surface area contributed by atoms with Gasteiger partial charge < -0.3 is 0 Å². The predicted octanol–water partition coefficient (Wildman–Crippen LogP) is 11.4. The molecule has 0 bridgehead atoms. The van der Waals surface area contributed by atoms with Crippen molar-refractivity contribution in [2.45, 2.75) is 152 Å². The molecule has 0 N–H and O–H groups in total. The Labute approximate surface area is 209 Å². The molecule has 0 amide bonds. The standard InChI is InChI=1S/C24H37F13/c1-2-3-4-5-6-7-8-9-10-11-12-13-14-15-16-17-18-19(25,26)20(27,28)21(29,30)22(31,32)23(33,34)24(35,36)37/h2-18H2,1H3. The molecule has 224 valence electrons. The largest absolute Gasteiger partial charge is 0.460 e. The Balaban J connectivity index is 4.37. The van der Waals surface area contributed by atoms with Gasteiger partial charge >= 0.3 is 35.8 Å². The van der Waals surface area contributed by atoms with Gasteiger partial charge in [-0.05, 0) is 6.42 Å². The normalized spacial score (nSPS) is 14.4. The molecule has 0 aliphatic rings.